The molecule has 0 fully saturated rings. The monoisotopic (exact) mass is 293 g/mol. The first-order valence-corrected chi connectivity index (χ1v) is 7.56. The molecule has 0 aromatic carbocycles. The molecule has 1 N–H and O–H groups in total. The molecule has 0 saturated carbocycles. The lowest BCUT2D eigenvalue weighted by Crippen LogP contribution is -2.21. The molecule has 2 aromatic rings. The van der Waals surface area contributed by atoms with Crippen molar-refractivity contribution in [2.75, 3.05) is 0 Å². The van der Waals surface area contributed by atoms with Gasteiger partial charge in [-0.1, -0.05) is 26.8 Å². The molecule has 0 amide bonds. The fourth-order valence-electron chi connectivity index (χ4n) is 1.36. The number of thiophene rings is 1. The molecule has 2 heterocycles. The molecule has 0 aliphatic rings. The number of ketones is 1. The molecule has 0 unspecified atom stereocenters. The van der Waals surface area contributed by atoms with Crippen molar-refractivity contribution in [1.82, 2.24) is 4.98 Å². The van der Waals surface area contributed by atoms with E-state index in [0.717, 1.165) is 4.88 Å². The molecule has 100 valence electrons. The van der Waals surface area contributed by atoms with E-state index in [-0.39, 0.29) is 11.3 Å². The Morgan fingerprint density at radius 2 is 2.11 bits per heavy atom. The fraction of sp³-hybridized carbons (Fsp3) is 0.286. The number of thiazole rings is 1. The van der Waals surface area contributed by atoms with Crippen molar-refractivity contribution in [3.63, 3.8) is 0 Å². The van der Waals surface area contributed by atoms with E-state index in [2.05, 4.69) is 4.98 Å². The quantitative estimate of drug-likeness (QED) is 0.916. The highest BCUT2D eigenvalue weighted by Gasteiger charge is 2.18. The smallest absolute Gasteiger partial charge is 0.266 e. The van der Waals surface area contributed by atoms with E-state index in [1.54, 1.807) is 11.3 Å². The van der Waals surface area contributed by atoms with E-state index in [0.29, 0.717) is 9.20 Å². The van der Waals surface area contributed by atoms with Gasteiger partial charge in [0.15, 0.2) is 5.78 Å². The number of H-pyrrole nitrogens is 1. The molecule has 0 saturated heterocycles. The Morgan fingerprint density at radius 1 is 1.37 bits per heavy atom. The lowest BCUT2D eigenvalue weighted by atomic mass is 9.91. The molecule has 2 rings (SSSR count). The van der Waals surface area contributed by atoms with Gasteiger partial charge in [0.2, 0.25) is 0 Å². The maximum absolute atomic E-state index is 11.9. The van der Waals surface area contributed by atoms with Crippen molar-refractivity contribution in [2.45, 2.75) is 20.8 Å². The molecule has 0 atom stereocenters. The Kier molecular flexibility index (Phi) is 3.87. The number of hydrogen-bond donors (Lipinski definition) is 1. The third kappa shape index (κ3) is 3.52. The van der Waals surface area contributed by atoms with Crippen molar-refractivity contribution in [3.05, 3.63) is 41.9 Å². The molecule has 3 nitrogen and oxygen atoms in total. The van der Waals surface area contributed by atoms with E-state index >= 15 is 0 Å². The Morgan fingerprint density at radius 3 is 2.68 bits per heavy atom. The lowest BCUT2D eigenvalue weighted by molar-refractivity contribution is -0.119. The highest BCUT2D eigenvalue weighted by Crippen LogP contribution is 2.14. The van der Waals surface area contributed by atoms with Crippen LogP contribution in [-0.2, 0) is 4.79 Å². The van der Waals surface area contributed by atoms with E-state index < -0.39 is 5.41 Å². The summed E-state index contributed by atoms with van der Waals surface area (Å²) in [6.45, 7) is 5.57. The van der Waals surface area contributed by atoms with E-state index in [1.807, 2.05) is 44.4 Å². The average molecular weight is 293 g/mol. The predicted molar refractivity (Wildman–Crippen MR) is 81.0 cm³/mol. The van der Waals surface area contributed by atoms with Gasteiger partial charge in [-0.15, -0.1) is 22.7 Å². The standard InChI is InChI=1S/C14H15NO2S2/c1-14(2,3)11(16)8-12-15-13(17)10(19-12)7-9-5-4-6-18-9/h4-8H,1-3H3,(H,15,17)/b10-7+,12-8+. The lowest BCUT2D eigenvalue weighted by Gasteiger charge is -2.12. The van der Waals surface area contributed by atoms with Gasteiger partial charge in [0.05, 0.1) is 9.20 Å². The Bertz CT molecular complexity index is 743. The van der Waals surface area contributed by atoms with Gasteiger partial charge in [0.1, 0.15) is 0 Å². The van der Waals surface area contributed by atoms with Crippen molar-refractivity contribution in [2.24, 2.45) is 5.41 Å². The van der Waals surface area contributed by atoms with Gasteiger partial charge in [-0.05, 0) is 17.5 Å². The minimum Gasteiger partial charge on any atom is -0.313 e. The largest absolute Gasteiger partial charge is 0.313 e. The van der Waals surface area contributed by atoms with Crippen molar-refractivity contribution in [1.29, 1.82) is 0 Å². The third-order valence-corrected chi connectivity index (χ3v) is 4.28. The average Bonchev–Trinajstić information content (AvgIpc) is 2.89. The molecule has 2 aromatic heterocycles. The molecule has 0 aliphatic carbocycles. The van der Waals surface area contributed by atoms with Crippen molar-refractivity contribution in [3.8, 4) is 0 Å². The van der Waals surface area contributed by atoms with Gasteiger partial charge in [0.25, 0.3) is 5.56 Å². The molecule has 5 heteroatoms. The van der Waals surface area contributed by atoms with Crippen LogP contribution in [-0.4, -0.2) is 10.8 Å². The second-order valence-corrected chi connectivity index (χ2v) is 7.27. The molecule has 0 bridgehead atoms. The summed E-state index contributed by atoms with van der Waals surface area (Å²) < 4.78 is 1.23. The summed E-state index contributed by atoms with van der Waals surface area (Å²) in [5, 5.41) is 1.96. The number of Topliss-reactive ketones (excluding diaryl/α,β-unsaturated/α-hetero) is 1. The highest BCUT2D eigenvalue weighted by molar-refractivity contribution is 7.11. The third-order valence-electron chi connectivity index (χ3n) is 2.50. The van der Waals surface area contributed by atoms with Gasteiger partial charge < -0.3 is 4.98 Å². The maximum Gasteiger partial charge on any atom is 0.266 e. The zero-order valence-corrected chi connectivity index (χ0v) is 12.7. The summed E-state index contributed by atoms with van der Waals surface area (Å²) in [5.41, 5.74) is -0.579. The fourth-order valence-corrected chi connectivity index (χ4v) is 2.97. The molecule has 0 aliphatic heterocycles. The number of aromatic nitrogens is 1. The zero-order valence-electron chi connectivity index (χ0n) is 11.0. The number of carbonyl (C=O) groups excluding carboxylic acids is 1. The SMILES string of the molecule is CC(C)(C)C(=O)/C=c1\[nH]c(=O)/c(=C\c2cccs2)s1. The number of nitrogens with one attached hydrogen (secondary N) is 1. The van der Waals surface area contributed by atoms with Crippen LogP contribution < -0.4 is 14.8 Å². The summed E-state index contributed by atoms with van der Waals surface area (Å²) in [7, 11) is 0. The van der Waals surface area contributed by atoms with Crippen LogP contribution in [0.3, 0.4) is 0 Å². The highest BCUT2D eigenvalue weighted by atomic mass is 32.1. The Labute approximate surface area is 118 Å². The van der Waals surface area contributed by atoms with Crippen molar-refractivity contribution >= 4 is 40.6 Å². The number of carbonyl (C=O) groups is 1. The van der Waals surface area contributed by atoms with Gasteiger partial charge in [-0.25, -0.2) is 0 Å². The second kappa shape index (κ2) is 5.27. The van der Waals surface area contributed by atoms with Gasteiger partial charge >= 0.3 is 0 Å². The molecule has 0 spiro atoms. The number of hydrogen-bond acceptors (Lipinski definition) is 4. The molecule has 19 heavy (non-hydrogen) atoms. The predicted octanol–water partition coefficient (Wildman–Crippen LogP) is 1.72. The molecule has 0 radical (unpaired) electrons. The number of rotatable bonds is 2. The summed E-state index contributed by atoms with van der Waals surface area (Å²) in [6.07, 6.45) is 3.35. The van der Waals surface area contributed by atoms with Gasteiger partial charge in [0, 0.05) is 16.4 Å². The van der Waals surface area contributed by atoms with Gasteiger partial charge in [-0.2, -0.15) is 0 Å². The van der Waals surface area contributed by atoms with E-state index in [9.17, 15) is 9.59 Å². The maximum atomic E-state index is 11.9. The summed E-state index contributed by atoms with van der Waals surface area (Å²) in [5.74, 6) is 0.00711. The van der Waals surface area contributed by atoms with E-state index in [4.69, 9.17) is 0 Å². The Balaban J connectivity index is 2.46. The van der Waals surface area contributed by atoms with Crippen LogP contribution in [0.15, 0.2) is 22.3 Å². The van der Waals surface area contributed by atoms with E-state index in [1.165, 1.54) is 17.4 Å². The number of aromatic amines is 1. The normalized spacial score (nSPS) is 14.1. The van der Waals surface area contributed by atoms with Crippen LogP contribution in [0.1, 0.15) is 25.6 Å². The first-order chi connectivity index (χ1) is 8.86. The van der Waals surface area contributed by atoms with Crippen LogP contribution in [0.25, 0.3) is 12.2 Å². The van der Waals surface area contributed by atoms with Gasteiger partial charge in [-0.3, -0.25) is 9.59 Å². The topological polar surface area (TPSA) is 49.9 Å². The van der Waals surface area contributed by atoms with Crippen LogP contribution in [0.5, 0.6) is 0 Å². The van der Waals surface area contributed by atoms with Crippen LogP contribution in [0.4, 0.5) is 0 Å². The molecular formula is C14H15NO2S2. The second-order valence-electron chi connectivity index (χ2n) is 5.20. The van der Waals surface area contributed by atoms with Crippen LogP contribution in [0, 0.1) is 5.41 Å². The summed E-state index contributed by atoms with van der Waals surface area (Å²) >= 11 is 2.88. The molecular weight excluding hydrogens is 278 g/mol. The summed E-state index contributed by atoms with van der Waals surface area (Å²) in [6, 6.07) is 3.89. The first kappa shape index (κ1) is 14.0. The van der Waals surface area contributed by atoms with Crippen LogP contribution in [0.2, 0.25) is 0 Å². The van der Waals surface area contributed by atoms with Crippen LogP contribution >= 0.6 is 22.7 Å². The minimum atomic E-state index is -0.432. The minimum absolute atomic E-state index is 0.00711. The summed E-state index contributed by atoms with van der Waals surface area (Å²) in [4.78, 5) is 27.4. The zero-order chi connectivity index (χ0) is 14.0. The Hall–Kier alpha value is -1.46. The van der Waals surface area contributed by atoms with Crippen molar-refractivity contribution < 1.29 is 4.79 Å². The first-order valence-electron chi connectivity index (χ1n) is 5.87.